The molecular weight excluding hydrogens is 312 g/mol. The zero-order valence-corrected chi connectivity index (χ0v) is 14.7. The van der Waals surface area contributed by atoms with E-state index < -0.39 is 6.10 Å². The molecule has 2 heterocycles. The van der Waals surface area contributed by atoms with E-state index in [1.54, 1.807) is 6.20 Å². The number of rotatable bonds is 7. The van der Waals surface area contributed by atoms with Gasteiger partial charge >= 0.3 is 0 Å². The molecule has 1 aromatic carbocycles. The van der Waals surface area contributed by atoms with Gasteiger partial charge in [0, 0.05) is 31.7 Å². The quantitative estimate of drug-likeness (QED) is 0.696. The Bertz CT molecular complexity index is 793. The van der Waals surface area contributed by atoms with E-state index in [4.69, 9.17) is 0 Å². The number of aliphatic hydroxyl groups is 1. The normalized spacial score (nSPS) is 12.3. The van der Waals surface area contributed by atoms with Crippen LogP contribution in [0.2, 0.25) is 0 Å². The number of aromatic nitrogens is 3. The van der Waals surface area contributed by atoms with Gasteiger partial charge in [0.1, 0.15) is 11.6 Å². The lowest BCUT2D eigenvalue weighted by atomic mass is 10.1. The highest BCUT2D eigenvalue weighted by atomic mass is 16.3. The number of nitrogens with one attached hydrogen (secondary N) is 1. The summed E-state index contributed by atoms with van der Waals surface area (Å²) in [5.74, 6) is 1.77. The van der Waals surface area contributed by atoms with Crippen molar-refractivity contribution in [1.82, 2.24) is 19.9 Å². The maximum absolute atomic E-state index is 10.3. The van der Waals surface area contributed by atoms with Crippen LogP contribution in [0.15, 0.2) is 55.0 Å². The van der Waals surface area contributed by atoms with Gasteiger partial charge in [-0.1, -0.05) is 37.3 Å². The van der Waals surface area contributed by atoms with Crippen LogP contribution in [-0.2, 0) is 13.0 Å². The van der Waals surface area contributed by atoms with Crippen LogP contribution in [0.1, 0.15) is 35.5 Å². The average Bonchev–Trinajstić information content (AvgIpc) is 3.08. The zero-order chi connectivity index (χ0) is 17.6. The Kier molecular flexibility index (Phi) is 5.58. The highest BCUT2D eigenvalue weighted by molar-refractivity contribution is 5.27. The summed E-state index contributed by atoms with van der Waals surface area (Å²) in [4.78, 5) is 8.68. The van der Waals surface area contributed by atoms with Gasteiger partial charge in [0.15, 0.2) is 0 Å². The third-order valence-electron chi connectivity index (χ3n) is 4.32. The van der Waals surface area contributed by atoms with Crippen molar-refractivity contribution in [1.29, 1.82) is 0 Å². The summed E-state index contributed by atoms with van der Waals surface area (Å²) in [5.41, 5.74) is 3.30. The molecule has 1 unspecified atom stereocenters. The summed E-state index contributed by atoms with van der Waals surface area (Å²) in [6, 6.07) is 12.1. The van der Waals surface area contributed by atoms with Crippen molar-refractivity contribution in [3.8, 4) is 5.82 Å². The Hall–Kier alpha value is -2.50. The fraction of sp³-hybridized carbons (Fsp3) is 0.300. The van der Waals surface area contributed by atoms with Gasteiger partial charge in [-0.2, -0.15) is 0 Å². The predicted molar refractivity (Wildman–Crippen MR) is 98.6 cm³/mol. The van der Waals surface area contributed by atoms with Gasteiger partial charge in [-0.25, -0.2) is 9.97 Å². The van der Waals surface area contributed by atoms with E-state index in [-0.39, 0.29) is 0 Å². The molecule has 0 aliphatic heterocycles. The Morgan fingerprint density at radius 3 is 2.44 bits per heavy atom. The van der Waals surface area contributed by atoms with Gasteiger partial charge in [-0.05, 0) is 36.1 Å². The molecular formula is C20H24N4O. The monoisotopic (exact) mass is 336 g/mol. The molecule has 0 saturated heterocycles. The predicted octanol–water partition coefficient (Wildman–Crippen LogP) is 2.96. The molecule has 2 N–H and O–H groups in total. The first-order valence-electron chi connectivity index (χ1n) is 8.60. The molecule has 25 heavy (non-hydrogen) atoms. The number of hydrogen-bond donors (Lipinski definition) is 2. The molecule has 0 aliphatic carbocycles. The fourth-order valence-corrected chi connectivity index (χ4v) is 2.73. The van der Waals surface area contributed by atoms with Crippen LogP contribution in [0.4, 0.5) is 0 Å². The molecule has 0 aliphatic rings. The molecule has 3 aromatic rings. The number of imidazole rings is 1. The summed E-state index contributed by atoms with van der Waals surface area (Å²) < 4.78 is 1.95. The smallest absolute Gasteiger partial charge is 0.137 e. The SMILES string of the molecule is CCc1ccc(C(O)CNCc2ccc(-n3ccnc3C)nc2)cc1. The van der Waals surface area contributed by atoms with Crippen LogP contribution in [0.25, 0.3) is 5.82 Å². The Morgan fingerprint density at radius 2 is 1.84 bits per heavy atom. The Morgan fingerprint density at radius 1 is 1.08 bits per heavy atom. The first kappa shape index (κ1) is 17.3. The molecule has 5 nitrogen and oxygen atoms in total. The van der Waals surface area contributed by atoms with Crippen LogP contribution >= 0.6 is 0 Å². The van der Waals surface area contributed by atoms with Crippen LogP contribution < -0.4 is 5.32 Å². The molecule has 2 aromatic heterocycles. The second kappa shape index (κ2) is 8.05. The standard InChI is InChI=1S/C20H24N4O/c1-3-16-4-7-18(8-5-16)19(25)14-21-12-17-6-9-20(23-13-17)24-11-10-22-15(24)2/h4-11,13,19,21,25H,3,12,14H2,1-2H3. The lowest BCUT2D eigenvalue weighted by Gasteiger charge is -2.13. The Labute approximate surface area is 148 Å². The van der Waals surface area contributed by atoms with E-state index >= 15 is 0 Å². The fourth-order valence-electron chi connectivity index (χ4n) is 2.73. The van der Waals surface area contributed by atoms with Crippen molar-refractivity contribution in [3.05, 3.63) is 77.5 Å². The third kappa shape index (κ3) is 4.32. The minimum absolute atomic E-state index is 0.508. The minimum Gasteiger partial charge on any atom is -0.387 e. The molecule has 3 rings (SSSR count). The number of aryl methyl sites for hydroxylation is 2. The molecule has 0 radical (unpaired) electrons. The van der Waals surface area contributed by atoms with Crippen LogP contribution in [0, 0.1) is 6.92 Å². The van der Waals surface area contributed by atoms with Crippen molar-refractivity contribution in [3.63, 3.8) is 0 Å². The van der Waals surface area contributed by atoms with E-state index in [9.17, 15) is 5.11 Å². The highest BCUT2D eigenvalue weighted by Gasteiger charge is 2.07. The van der Waals surface area contributed by atoms with Gasteiger partial charge < -0.3 is 10.4 Å². The van der Waals surface area contributed by atoms with E-state index in [2.05, 4.69) is 34.3 Å². The molecule has 0 fully saturated rings. The highest BCUT2D eigenvalue weighted by Crippen LogP contribution is 2.14. The van der Waals surface area contributed by atoms with E-state index in [1.165, 1.54) is 5.56 Å². The molecule has 0 amide bonds. The van der Waals surface area contributed by atoms with Gasteiger partial charge in [0.05, 0.1) is 6.10 Å². The second-order valence-electron chi connectivity index (χ2n) is 6.11. The second-order valence-corrected chi connectivity index (χ2v) is 6.11. The van der Waals surface area contributed by atoms with Crippen molar-refractivity contribution in [2.75, 3.05) is 6.54 Å². The lowest BCUT2D eigenvalue weighted by Crippen LogP contribution is -2.21. The maximum Gasteiger partial charge on any atom is 0.137 e. The van der Waals surface area contributed by atoms with Crippen LogP contribution in [0.3, 0.4) is 0 Å². The summed E-state index contributed by atoms with van der Waals surface area (Å²) >= 11 is 0. The van der Waals surface area contributed by atoms with Crippen molar-refractivity contribution in [2.24, 2.45) is 0 Å². The summed E-state index contributed by atoms with van der Waals surface area (Å²) in [6.07, 6.45) is 6.02. The first-order chi connectivity index (χ1) is 12.2. The summed E-state index contributed by atoms with van der Waals surface area (Å²) in [5, 5.41) is 13.6. The topological polar surface area (TPSA) is 63.0 Å². The number of aliphatic hydroxyl groups excluding tert-OH is 1. The van der Waals surface area contributed by atoms with Gasteiger partial charge in [-0.15, -0.1) is 0 Å². The molecule has 0 saturated carbocycles. The number of nitrogens with zero attached hydrogens (tertiary/aromatic N) is 3. The first-order valence-corrected chi connectivity index (χ1v) is 8.60. The van der Waals surface area contributed by atoms with Crippen molar-refractivity contribution < 1.29 is 5.11 Å². The molecule has 0 bridgehead atoms. The molecule has 1 atom stereocenters. The number of pyridine rings is 1. The van der Waals surface area contributed by atoms with Gasteiger partial charge in [-0.3, -0.25) is 4.57 Å². The number of hydrogen-bond acceptors (Lipinski definition) is 4. The minimum atomic E-state index is -0.508. The molecule has 130 valence electrons. The van der Waals surface area contributed by atoms with Gasteiger partial charge in [0.25, 0.3) is 0 Å². The maximum atomic E-state index is 10.3. The van der Waals surface area contributed by atoms with E-state index in [1.807, 2.05) is 48.1 Å². The Balaban J connectivity index is 1.52. The lowest BCUT2D eigenvalue weighted by molar-refractivity contribution is 0.174. The summed E-state index contributed by atoms with van der Waals surface area (Å²) in [7, 11) is 0. The largest absolute Gasteiger partial charge is 0.387 e. The zero-order valence-electron chi connectivity index (χ0n) is 14.7. The van der Waals surface area contributed by atoms with Crippen molar-refractivity contribution >= 4 is 0 Å². The third-order valence-corrected chi connectivity index (χ3v) is 4.32. The molecule has 5 heteroatoms. The van der Waals surface area contributed by atoms with Crippen LogP contribution in [0.5, 0.6) is 0 Å². The molecule has 0 spiro atoms. The van der Waals surface area contributed by atoms with E-state index in [0.29, 0.717) is 13.1 Å². The van der Waals surface area contributed by atoms with E-state index in [0.717, 1.165) is 29.2 Å². The average molecular weight is 336 g/mol. The van der Waals surface area contributed by atoms with Crippen molar-refractivity contribution in [2.45, 2.75) is 32.9 Å². The van der Waals surface area contributed by atoms with Crippen LogP contribution in [-0.4, -0.2) is 26.2 Å². The summed E-state index contributed by atoms with van der Waals surface area (Å²) in [6.45, 7) is 5.25. The number of benzene rings is 1. The van der Waals surface area contributed by atoms with Gasteiger partial charge in [0.2, 0.25) is 0 Å².